The summed E-state index contributed by atoms with van der Waals surface area (Å²) in [7, 11) is 0. The van der Waals surface area contributed by atoms with E-state index in [0.717, 1.165) is 16.7 Å². The van der Waals surface area contributed by atoms with E-state index in [1.807, 2.05) is 18.2 Å². The highest BCUT2D eigenvalue weighted by molar-refractivity contribution is 5.84. The van der Waals surface area contributed by atoms with Crippen LogP contribution in [-0.2, 0) is 0 Å². The lowest BCUT2D eigenvalue weighted by Gasteiger charge is -2.13. The number of rotatable bonds is 4. The van der Waals surface area contributed by atoms with Crippen LogP contribution < -0.4 is 0 Å². The largest absolute Gasteiger partial charge is 0.0906 e. The topological polar surface area (TPSA) is 0 Å². The van der Waals surface area contributed by atoms with Crippen molar-refractivity contribution in [2.24, 2.45) is 0 Å². The van der Waals surface area contributed by atoms with E-state index in [1.54, 1.807) is 0 Å². The maximum Gasteiger partial charge on any atom is -0.0172 e. The molecule has 0 aromatic heterocycles. The Hall–Kier alpha value is -3.38. The second kappa shape index (κ2) is 7.25. The lowest BCUT2D eigenvalue weighted by atomic mass is 9.91. The van der Waals surface area contributed by atoms with Crippen molar-refractivity contribution in [2.45, 2.75) is 0 Å². The lowest BCUT2D eigenvalue weighted by molar-refractivity contribution is 1.53. The van der Waals surface area contributed by atoms with E-state index < -0.39 is 0 Å². The van der Waals surface area contributed by atoms with Crippen molar-refractivity contribution in [1.29, 1.82) is 0 Å². The highest BCUT2D eigenvalue weighted by Crippen LogP contribution is 2.32. The maximum absolute atomic E-state index is 4.36. The monoisotopic (exact) mass is 332 g/mol. The normalized spacial score (nSPS) is 10.5. The Morgan fingerprint density at radius 2 is 0.846 bits per heavy atom. The Morgan fingerprint density at radius 1 is 0.423 bits per heavy atom. The SMILES string of the molecule is C=C(c1ccccc1)c1cc(-c2ccccc2)cc(-c2ccccc2)c1. The first-order valence-corrected chi connectivity index (χ1v) is 8.82. The highest BCUT2D eigenvalue weighted by Gasteiger charge is 2.09. The first-order chi connectivity index (χ1) is 12.8. The fourth-order valence-electron chi connectivity index (χ4n) is 3.20. The van der Waals surface area contributed by atoms with Crippen LogP contribution in [0.1, 0.15) is 11.1 Å². The summed E-state index contributed by atoms with van der Waals surface area (Å²) in [5.41, 5.74) is 8.19. The van der Waals surface area contributed by atoms with Crippen molar-refractivity contribution in [2.75, 3.05) is 0 Å². The average molecular weight is 332 g/mol. The van der Waals surface area contributed by atoms with E-state index in [1.165, 1.54) is 22.3 Å². The van der Waals surface area contributed by atoms with Gasteiger partial charge < -0.3 is 0 Å². The van der Waals surface area contributed by atoms with E-state index in [9.17, 15) is 0 Å². The van der Waals surface area contributed by atoms with Gasteiger partial charge in [-0.05, 0) is 57.2 Å². The second-order valence-corrected chi connectivity index (χ2v) is 6.38. The van der Waals surface area contributed by atoms with E-state index in [0.29, 0.717) is 0 Å². The molecule has 26 heavy (non-hydrogen) atoms. The molecule has 0 bridgehead atoms. The lowest BCUT2D eigenvalue weighted by Crippen LogP contribution is -1.90. The minimum Gasteiger partial charge on any atom is -0.0906 e. The Bertz CT molecular complexity index is 956. The quantitative estimate of drug-likeness (QED) is 0.374. The molecule has 0 N–H and O–H groups in total. The van der Waals surface area contributed by atoms with Crippen molar-refractivity contribution in [1.82, 2.24) is 0 Å². The zero-order valence-corrected chi connectivity index (χ0v) is 14.6. The molecular formula is C26H20. The molecule has 0 aliphatic carbocycles. The molecule has 0 nitrogen and oxygen atoms in total. The third kappa shape index (κ3) is 3.36. The van der Waals surface area contributed by atoms with Gasteiger partial charge >= 0.3 is 0 Å². The molecule has 0 heterocycles. The first-order valence-electron chi connectivity index (χ1n) is 8.82. The molecule has 0 aliphatic rings. The fraction of sp³-hybridized carbons (Fsp3) is 0. The smallest absolute Gasteiger partial charge is 0.0172 e. The molecule has 4 rings (SSSR count). The molecule has 0 atom stereocenters. The van der Waals surface area contributed by atoms with Crippen molar-refractivity contribution >= 4 is 5.57 Å². The van der Waals surface area contributed by atoms with Crippen molar-refractivity contribution in [3.05, 3.63) is 127 Å². The summed E-state index contributed by atoms with van der Waals surface area (Å²) in [5, 5.41) is 0. The number of hydrogen-bond acceptors (Lipinski definition) is 0. The molecule has 0 heteroatoms. The van der Waals surface area contributed by atoms with Gasteiger partial charge in [-0.3, -0.25) is 0 Å². The van der Waals surface area contributed by atoms with Gasteiger partial charge in [-0.25, -0.2) is 0 Å². The van der Waals surface area contributed by atoms with Crippen LogP contribution in [0.3, 0.4) is 0 Å². The Kier molecular flexibility index (Phi) is 4.49. The van der Waals surface area contributed by atoms with Gasteiger partial charge in [0.25, 0.3) is 0 Å². The molecule has 0 amide bonds. The van der Waals surface area contributed by atoms with Crippen molar-refractivity contribution < 1.29 is 0 Å². The molecule has 0 aliphatic heterocycles. The van der Waals surface area contributed by atoms with Gasteiger partial charge in [0, 0.05) is 0 Å². The third-order valence-corrected chi connectivity index (χ3v) is 4.62. The second-order valence-electron chi connectivity index (χ2n) is 6.38. The van der Waals surface area contributed by atoms with Crippen LogP contribution >= 0.6 is 0 Å². The van der Waals surface area contributed by atoms with E-state index in [-0.39, 0.29) is 0 Å². The van der Waals surface area contributed by atoms with Crippen LogP contribution in [0.2, 0.25) is 0 Å². The van der Waals surface area contributed by atoms with Crippen LogP contribution in [-0.4, -0.2) is 0 Å². The first kappa shape index (κ1) is 16.1. The van der Waals surface area contributed by atoms with Crippen LogP contribution in [0.5, 0.6) is 0 Å². The summed E-state index contributed by atoms with van der Waals surface area (Å²) in [6.07, 6.45) is 0. The van der Waals surface area contributed by atoms with Gasteiger partial charge in [0.2, 0.25) is 0 Å². The Labute approximate surface area is 155 Å². The maximum atomic E-state index is 4.36. The van der Waals surface area contributed by atoms with Crippen LogP contribution in [0.15, 0.2) is 116 Å². The summed E-state index contributed by atoms with van der Waals surface area (Å²) in [5.74, 6) is 0. The molecule has 0 spiro atoms. The fourth-order valence-corrected chi connectivity index (χ4v) is 3.20. The standard InChI is InChI=1S/C26H20/c1-20(21-11-5-2-6-12-21)24-17-25(22-13-7-3-8-14-22)19-26(18-24)23-15-9-4-10-16-23/h2-19H,1H2. The minimum atomic E-state index is 1.04. The van der Waals surface area contributed by atoms with Gasteiger partial charge in [0.1, 0.15) is 0 Å². The van der Waals surface area contributed by atoms with Gasteiger partial charge in [-0.15, -0.1) is 0 Å². The Morgan fingerprint density at radius 3 is 1.31 bits per heavy atom. The molecule has 0 saturated carbocycles. The van der Waals surface area contributed by atoms with Crippen molar-refractivity contribution in [3.8, 4) is 22.3 Å². The van der Waals surface area contributed by atoms with E-state index in [4.69, 9.17) is 0 Å². The van der Waals surface area contributed by atoms with Gasteiger partial charge in [-0.2, -0.15) is 0 Å². The predicted octanol–water partition coefficient (Wildman–Crippen LogP) is 7.08. The molecule has 0 fully saturated rings. The summed E-state index contributed by atoms with van der Waals surface area (Å²) in [6.45, 7) is 4.36. The van der Waals surface area contributed by atoms with E-state index >= 15 is 0 Å². The van der Waals surface area contributed by atoms with Crippen LogP contribution in [0, 0.1) is 0 Å². The molecule has 0 saturated heterocycles. The highest BCUT2D eigenvalue weighted by atomic mass is 14.1. The molecule has 0 unspecified atom stereocenters. The van der Waals surface area contributed by atoms with E-state index in [2.05, 4.69) is 97.6 Å². The number of benzene rings is 4. The summed E-state index contributed by atoms with van der Waals surface area (Å²) in [4.78, 5) is 0. The van der Waals surface area contributed by atoms with Crippen LogP contribution in [0.25, 0.3) is 27.8 Å². The molecule has 4 aromatic carbocycles. The van der Waals surface area contributed by atoms with Crippen molar-refractivity contribution in [3.63, 3.8) is 0 Å². The predicted molar refractivity (Wildman–Crippen MR) is 112 cm³/mol. The zero-order chi connectivity index (χ0) is 17.8. The third-order valence-electron chi connectivity index (χ3n) is 4.62. The van der Waals surface area contributed by atoms with Crippen LogP contribution in [0.4, 0.5) is 0 Å². The molecule has 124 valence electrons. The molecule has 0 radical (unpaired) electrons. The molecular weight excluding hydrogens is 312 g/mol. The Balaban J connectivity index is 1.87. The number of hydrogen-bond donors (Lipinski definition) is 0. The summed E-state index contributed by atoms with van der Waals surface area (Å²) >= 11 is 0. The van der Waals surface area contributed by atoms with Gasteiger partial charge in [-0.1, -0.05) is 97.6 Å². The summed E-state index contributed by atoms with van der Waals surface area (Å²) < 4.78 is 0. The zero-order valence-electron chi connectivity index (χ0n) is 14.6. The van der Waals surface area contributed by atoms with Gasteiger partial charge in [0.15, 0.2) is 0 Å². The van der Waals surface area contributed by atoms with Gasteiger partial charge in [0.05, 0.1) is 0 Å². The minimum absolute atomic E-state index is 1.04. The molecule has 4 aromatic rings. The average Bonchev–Trinajstić information content (AvgIpc) is 2.75. The summed E-state index contributed by atoms with van der Waals surface area (Å²) in [6, 6.07) is 38.1.